The summed E-state index contributed by atoms with van der Waals surface area (Å²) in [6, 6.07) is 0. The minimum atomic E-state index is -1.72. The van der Waals surface area contributed by atoms with E-state index in [1.54, 1.807) is 0 Å². The third-order valence-electron chi connectivity index (χ3n) is 0. The van der Waals surface area contributed by atoms with Gasteiger partial charge in [0.1, 0.15) is 0 Å². The zero-order valence-corrected chi connectivity index (χ0v) is 9.77. The van der Waals surface area contributed by atoms with Gasteiger partial charge in [0, 0.05) is 0 Å². The van der Waals surface area contributed by atoms with Crippen LogP contribution in [0.4, 0.5) is 0 Å². The first-order chi connectivity index (χ1) is 3.15. The maximum absolute atomic E-state index is 4.94. The predicted octanol–water partition coefficient (Wildman–Crippen LogP) is 3.15. The number of hydrogen-bond donors (Lipinski definition) is 0. The Morgan fingerprint density at radius 1 is 1.14 bits per heavy atom. The van der Waals surface area contributed by atoms with Crippen molar-refractivity contribution in [2.75, 3.05) is 4.24 Å². The molecule has 0 radical (unpaired) electrons. The van der Waals surface area contributed by atoms with Crippen molar-refractivity contribution < 1.29 is 0 Å². The van der Waals surface area contributed by atoms with Crippen LogP contribution in [-0.4, -0.2) is 11.0 Å². The fourth-order valence-corrected chi connectivity index (χ4v) is 0. The Morgan fingerprint density at radius 3 is 1.14 bits per heavy atom. The van der Waals surface area contributed by atoms with Crippen molar-refractivity contribution in [1.82, 2.24) is 0 Å². The maximum Gasteiger partial charge on any atom is 0.326 e. The minimum Gasteiger partial charge on any atom is -0.130 e. The molecule has 0 unspecified atom stereocenters. The van der Waals surface area contributed by atoms with E-state index in [-0.39, 0.29) is 0 Å². The van der Waals surface area contributed by atoms with E-state index < -0.39 is 6.73 Å². The Bertz CT molecular complexity index is 24.1. The Balaban J connectivity index is 0. The molecule has 0 aromatic heterocycles. The van der Waals surface area contributed by atoms with Crippen LogP contribution in [0.15, 0.2) is 0 Å². The highest BCUT2D eigenvalue weighted by Gasteiger charge is 1.85. The summed E-state index contributed by atoms with van der Waals surface area (Å²) in [6.45, 7) is -1.72. The van der Waals surface area contributed by atoms with Crippen LogP contribution in [-0.2, 0) is 0 Å². The van der Waals surface area contributed by atoms with Crippen LogP contribution in [0.2, 0.25) is 0 Å². The number of rotatable bonds is 0. The van der Waals surface area contributed by atoms with Crippen molar-refractivity contribution in [3.63, 3.8) is 0 Å². The summed E-state index contributed by atoms with van der Waals surface area (Å²) in [7, 11) is 0. The van der Waals surface area contributed by atoms with Gasteiger partial charge in [0.05, 0.1) is 4.24 Å². The van der Waals surface area contributed by atoms with Crippen LogP contribution in [0.5, 0.6) is 0 Å². The molecule has 0 aliphatic rings. The summed E-state index contributed by atoms with van der Waals surface area (Å²) in [5.74, 6) is 0. The van der Waals surface area contributed by atoms with Crippen LogP contribution in [0.25, 0.3) is 0 Å². The quantitative estimate of drug-likeness (QED) is 0.366. The summed E-state index contributed by atoms with van der Waals surface area (Å²) >= 11 is 21.0. The lowest BCUT2D eigenvalue weighted by atomic mass is 12.0. The number of halogens is 5. The van der Waals surface area contributed by atoms with E-state index in [4.69, 9.17) is 33.2 Å². The van der Waals surface area contributed by atoms with Gasteiger partial charge in [-0.25, -0.2) is 0 Å². The molecule has 0 nitrogen and oxygen atoms in total. The largest absolute Gasteiger partial charge is 0.326 e. The molecule has 0 saturated heterocycles. The standard InChI is InChI=1S/CH2Br2.Cl3HSi/c2-1-3;1-4(2)3/h1H2;4H. The smallest absolute Gasteiger partial charge is 0.130 e. The van der Waals surface area contributed by atoms with Crippen LogP contribution in [0.3, 0.4) is 0 Å². The summed E-state index contributed by atoms with van der Waals surface area (Å²) in [5.41, 5.74) is 0. The lowest BCUT2D eigenvalue weighted by Crippen LogP contribution is -1.66. The van der Waals surface area contributed by atoms with Crippen molar-refractivity contribution >= 4 is 71.8 Å². The Labute approximate surface area is 75.5 Å². The number of alkyl halides is 2. The predicted molar refractivity (Wildman–Crippen MR) is 47.4 cm³/mol. The number of hydrogen-bond acceptors (Lipinski definition) is 0. The first-order valence-electron chi connectivity index (χ1n) is 1.19. The van der Waals surface area contributed by atoms with Crippen LogP contribution < -0.4 is 0 Å². The van der Waals surface area contributed by atoms with Gasteiger partial charge in [-0.05, 0) is 0 Å². The molecule has 0 aromatic rings. The highest BCUT2D eigenvalue weighted by Crippen LogP contribution is 1.97. The minimum absolute atomic E-state index is 0.875. The van der Waals surface area contributed by atoms with Gasteiger partial charge in [-0.3, -0.25) is 0 Å². The van der Waals surface area contributed by atoms with E-state index in [1.165, 1.54) is 0 Å². The van der Waals surface area contributed by atoms with Gasteiger partial charge >= 0.3 is 6.73 Å². The third-order valence-corrected chi connectivity index (χ3v) is 0. The highest BCUT2D eigenvalue weighted by atomic mass is 79.9. The molecule has 0 N–H and O–H groups in total. The van der Waals surface area contributed by atoms with E-state index in [1.807, 2.05) is 0 Å². The molecule has 0 fully saturated rings. The molecule has 46 valence electrons. The lowest BCUT2D eigenvalue weighted by molar-refractivity contribution is 2.44. The molecule has 0 aliphatic heterocycles. The van der Waals surface area contributed by atoms with Gasteiger partial charge < -0.3 is 0 Å². The summed E-state index contributed by atoms with van der Waals surface area (Å²) < 4.78 is 0.875. The first-order valence-corrected chi connectivity index (χ1v) is 8.67. The third kappa shape index (κ3) is 70.2. The van der Waals surface area contributed by atoms with E-state index in [0.717, 1.165) is 4.24 Å². The molecule has 6 heteroatoms. The zero-order chi connectivity index (χ0) is 6.28. The molecule has 0 aromatic carbocycles. The van der Waals surface area contributed by atoms with Crippen LogP contribution in [0.1, 0.15) is 0 Å². The Kier molecular flexibility index (Phi) is 18.4. The normalized spacial score (nSPS) is 7.71. The van der Waals surface area contributed by atoms with Gasteiger partial charge in [-0.15, -0.1) is 33.2 Å². The van der Waals surface area contributed by atoms with Gasteiger partial charge in [-0.2, -0.15) is 0 Å². The van der Waals surface area contributed by atoms with Crippen molar-refractivity contribution in [3.05, 3.63) is 0 Å². The monoisotopic (exact) mass is 306 g/mol. The van der Waals surface area contributed by atoms with Crippen molar-refractivity contribution in [3.8, 4) is 0 Å². The molecular formula is CH3Br2Cl3Si. The van der Waals surface area contributed by atoms with Crippen molar-refractivity contribution in [1.29, 1.82) is 0 Å². The van der Waals surface area contributed by atoms with Crippen molar-refractivity contribution in [2.45, 2.75) is 0 Å². The molecule has 0 bridgehead atoms. The Morgan fingerprint density at radius 2 is 1.14 bits per heavy atom. The second-order valence-corrected chi connectivity index (χ2v) is 9.41. The van der Waals surface area contributed by atoms with Gasteiger partial charge in [0.25, 0.3) is 0 Å². The highest BCUT2D eigenvalue weighted by molar-refractivity contribution is 9.24. The Hall–Kier alpha value is 2.05. The average Bonchev–Trinajstić information content (AvgIpc) is 1.33. The molecule has 0 saturated carbocycles. The van der Waals surface area contributed by atoms with Crippen LogP contribution >= 0.6 is 65.1 Å². The lowest BCUT2D eigenvalue weighted by Gasteiger charge is -1.65. The molecule has 0 spiro atoms. The van der Waals surface area contributed by atoms with Crippen molar-refractivity contribution in [2.24, 2.45) is 0 Å². The second-order valence-electron chi connectivity index (χ2n) is 0.348. The fraction of sp³-hybridized carbons (Fsp3) is 1.00. The zero-order valence-electron chi connectivity index (χ0n) is 3.17. The second kappa shape index (κ2) is 10.9. The molecule has 7 heavy (non-hydrogen) atoms. The van der Waals surface area contributed by atoms with Crippen LogP contribution in [0, 0.1) is 0 Å². The summed E-state index contributed by atoms with van der Waals surface area (Å²) in [4.78, 5) is 0. The van der Waals surface area contributed by atoms with E-state index in [0.29, 0.717) is 0 Å². The molecule has 0 heterocycles. The summed E-state index contributed by atoms with van der Waals surface area (Å²) in [5, 5.41) is 0. The first kappa shape index (κ1) is 11.8. The van der Waals surface area contributed by atoms with Gasteiger partial charge in [0.15, 0.2) is 0 Å². The summed E-state index contributed by atoms with van der Waals surface area (Å²) in [6.07, 6.45) is 0. The van der Waals surface area contributed by atoms with Gasteiger partial charge in [-0.1, -0.05) is 31.9 Å². The maximum atomic E-state index is 4.94. The molecule has 0 aliphatic carbocycles. The SMILES string of the molecule is BrCBr.Cl[SiH](Cl)Cl. The van der Waals surface area contributed by atoms with E-state index in [9.17, 15) is 0 Å². The molecular weight excluding hydrogens is 306 g/mol. The molecule has 0 amide bonds. The average molecular weight is 309 g/mol. The molecule has 0 rings (SSSR count). The topological polar surface area (TPSA) is 0 Å². The van der Waals surface area contributed by atoms with E-state index in [2.05, 4.69) is 31.9 Å². The fourth-order valence-electron chi connectivity index (χ4n) is 0. The van der Waals surface area contributed by atoms with E-state index >= 15 is 0 Å². The van der Waals surface area contributed by atoms with Gasteiger partial charge in [0.2, 0.25) is 0 Å². The molecule has 0 atom stereocenters.